The molecule has 1 fully saturated rings. The van der Waals surface area contributed by atoms with E-state index in [1.165, 1.54) is 23.0 Å². The van der Waals surface area contributed by atoms with Gasteiger partial charge in [-0.15, -0.1) is 5.10 Å². The van der Waals surface area contributed by atoms with Gasteiger partial charge in [0.2, 0.25) is 0 Å². The summed E-state index contributed by atoms with van der Waals surface area (Å²) in [6, 6.07) is 3.69. The maximum atomic E-state index is 11.4. The summed E-state index contributed by atoms with van der Waals surface area (Å²) >= 11 is 0. The van der Waals surface area contributed by atoms with Crippen molar-refractivity contribution in [1.29, 1.82) is 5.41 Å². The Morgan fingerprint density at radius 3 is 2.23 bits per heavy atom. The van der Waals surface area contributed by atoms with E-state index >= 15 is 0 Å². The van der Waals surface area contributed by atoms with Crippen LogP contribution in [-0.4, -0.2) is 65.8 Å². The third-order valence-electron chi connectivity index (χ3n) is 5.40. The van der Waals surface area contributed by atoms with E-state index < -0.39 is 11.9 Å². The van der Waals surface area contributed by atoms with Crippen LogP contribution in [0.4, 0.5) is 0 Å². The van der Waals surface area contributed by atoms with Crippen molar-refractivity contribution in [1.82, 2.24) is 19.7 Å². The molecular weight excluding hydrogens is 402 g/mol. The summed E-state index contributed by atoms with van der Waals surface area (Å²) < 4.78 is 1.32. The van der Waals surface area contributed by atoms with E-state index in [2.05, 4.69) is 10.1 Å². The number of rotatable bonds is 4. The molecule has 2 aromatic heterocycles. The van der Waals surface area contributed by atoms with Crippen LogP contribution in [0.15, 0.2) is 24.4 Å². The molecule has 160 valence electrons. The van der Waals surface area contributed by atoms with Gasteiger partial charge in [-0.3, -0.25) is 5.41 Å². The highest BCUT2D eigenvalue weighted by atomic mass is 16.4. The highest BCUT2D eigenvalue weighted by Gasteiger charge is 2.24. The Hall–Kier alpha value is -3.95. The maximum absolute atomic E-state index is 11.4. The number of aromatic carboxylic acids is 2. The van der Waals surface area contributed by atoms with E-state index in [1.54, 1.807) is 6.92 Å². The van der Waals surface area contributed by atoms with Crippen molar-refractivity contribution in [3.8, 4) is 11.4 Å². The smallest absolute Gasteiger partial charge is 0.335 e. The van der Waals surface area contributed by atoms with Gasteiger partial charge in [0.25, 0.3) is 0 Å². The number of amidine groups is 1. The van der Waals surface area contributed by atoms with Gasteiger partial charge in [0.05, 0.1) is 33.5 Å². The molecule has 0 saturated carbocycles. The van der Waals surface area contributed by atoms with E-state index in [0.717, 1.165) is 38.4 Å². The van der Waals surface area contributed by atoms with Gasteiger partial charge in [-0.25, -0.2) is 19.3 Å². The number of hydrogen-bond donors (Lipinski definition) is 4. The number of aryl methyl sites for hydroxylation is 1. The second-order valence-electron chi connectivity index (χ2n) is 7.51. The quantitative estimate of drug-likeness (QED) is 0.369. The minimum atomic E-state index is -1.26. The average molecular weight is 423 g/mol. The van der Waals surface area contributed by atoms with Crippen LogP contribution in [0.3, 0.4) is 0 Å². The van der Waals surface area contributed by atoms with Gasteiger partial charge in [0.1, 0.15) is 11.6 Å². The zero-order chi connectivity index (χ0) is 22.3. The Bertz CT molecular complexity index is 1190. The number of carboxylic acid groups (broad SMARTS) is 2. The van der Waals surface area contributed by atoms with Gasteiger partial charge in [0.15, 0.2) is 5.65 Å². The highest BCUT2D eigenvalue weighted by molar-refractivity contribution is 6.09. The molecule has 1 saturated heterocycles. The number of hydrogen-bond acceptors (Lipinski definition) is 6. The monoisotopic (exact) mass is 423 g/mol. The van der Waals surface area contributed by atoms with Crippen molar-refractivity contribution >= 4 is 28.8 Å². The number of fused-ring (bicyclic) bond motifs is 1. The lowest BCUT2D eigenvalue weighted by molar-refractivity contribution is 0.0696. The van der Waals surface area contributed by atoms with Crippen molar-refractivity contribution in [3.63, 3.8) is 0 Å². The standard InChI is InChI=1S/C21H21N5O5/c1-11-17(27)16(18(22)25-5-3-2-4-6-25)15-10-26(24-19(15)23-11)14-8-12(20(28)29)7-13(9-14)21(30)31/h7-10,22,27H,2-6H2,1H3,(H,28,29)(H,30,31). The molecule has 10 heteroatoms. The maximum Gasteiger partial charge on any atom is 0.335 e. The lowest BCUT2D eigenvalue weighted by atomic mass is 10.1. The average Bonchev–Trinajstić information content (AvgIpc) is 3.17. The van der Waals surface area contributed by atoms with Gasteiger partial charge >= 0.3 is 11.9 Å². The molecule has 0 atom stereocenters. The first-order valence-electron chi connectivity index (χ1n) is 9.81. The summed E-state index contributed by atoms with van der Waals surface area (Å²) in [6.45, 7) is 3.06. The third-order valence-corrected chi connectivity index (χ3v) is 5.40. The Kier molecular flexibility index (Phi) is 5.05. The SMILES string of the molecule is Cc1nc2nn(-c3cc(C(=O)O)cc(C(=O)O)c3)cc2c(C(=N)N2CCCCC2)c1O. The van der Waals surface area contributed by atoms with Crippen molar-refractivity contribution < 1.29 is 24.9 Å². The van der Waals surface area contributed by atoms with E-state index in [1.807, 2.05) is 4.90 Å². The van der Waals surface area contributed by atoms with Gasteiger partial charge in [-0.2, -0.15) is 0 Å². The molecule has 10 nitrogen and oxygen atoms in total. The molecule has 1 aromatic carbocycles. The normalized spacial score (nSPS) is 14.0. The Morgan fingerprint density at radius 1 is 1.03 bits per heavy atom. The first kappa shape index (κ1) is 20.3. The third kappa shape index (κ3) is 3.67. The predicted molar refractivity (Wildman–Crippen MR) is 111 cm³/mol. The summed E-state index contributed by atoms with van der Waals surface area (Å²) in [5.74, 6) is -2.45. The molecule has 0 spiro atoms. The summed E-state index contributed by atoms with van der Waals surface area (Å²) in [4.78, 5) is 29.1. The van der Waals surface area contributed by atoms with Crippen molar-refractivity contribution in [3.05, 3.63) is 46.8 Å². The first-order chi connectivity index (χ1) is 14.8. The molecule has 0 unspecified atom stereocenters. The van der Waals surface area contributed by atoms with Crippen LogP contribution in [0.1, 0.15) is 51.2 Å². The number of carboxylic acids is 2. The molecule has 4 rings (SSSR count). The minimum Gasteiger partial charge on any atom is -0.505 e. The van der Waals surface area contributed by atoms with E-state index in [-0.39, 0.29) is 34.0 Å². The number of pyridine rings is 1. The van der Waals surface area contributed by atoms with Gasteiger partial charge in [0, 0.05) is 19.3 Å². The second-order valence-corrected chi connectivity index (χ2v) is 7.51. The number of nitrogens with zero attached hydrogens (tertiary/aromatic N) is 4. The molecule has 0 aliphatic carbocycles. The number of aromatic nitrogens is 3. The van der Waals surface area contributed by atoms with Crippen LogP contribution in [-0.2, 0) is 0 Å². The fourth-order valence-electron chi connectivity index (χ4n) is 3.78. The largest absolute Gasteiger partial charge is 0.505 e. The number of benzene rings is 1. The van der Waals surface area contributed by atoms with Crippen molar-refractivity contribution in [2.45, 2.75) is 26.2 Å². The zero-order valence-corrected chi connectivity index (χ0v) is 16.8. The van der Waals surface area contributed by atoms with E-state index in [9.17, 15) is 24.9 Å². The Balaban J connectivity index is 1.88. The van der Waals surface area contributed by atoms with Crippen LogP contribution >= 0.6 is 0 Å². The summed E-state index contributed by atoms with van der Waals surface area (Å²) in [5.41, 5.74) is 0.738. The van der Waals surface area contributed by atoms with Gasteiger partial charge in [-0.1, -0.05) is 0 Å². The minimum absolute atomic E-state index is 0.104. The van der Waals surface area contributed by atoms with Crippen molar-refractivity contribution in [2.75, 3.05) is 13.1 Å². The number of aromatic hydroxyl groups is 1. The van der Waals surface area contributed by atoms with Crippen LogP contribution in [0.5, 0.6) is 5.75 Å². The fraction of sp³-hybridized carbons (Fsp3) is 0.286. The predicted octanol–water partition coefficient (Wildman–Crippen LogP) is 2.64. The topological polar surface area (TPSA) is 153 Å². The molecule has 0 bridgehead atoms. The molecule has 3 aromatic rings. The van der Waals surface area contributed by atoms with Gasteiger partial charge < -0.3 is 20.2 Å². The Labute approximate surface area is 176 Å². The molecule has 0 radical (unpaired) electrons. The lowest BCUT2D eigenvalue weighted by Gasteiger charge is -2.29. The fourth-order valence-corrected chi connectivity index (χ4v) is 3.78. The summed E-state index contributed by atoms with van der Waals surface area (Å²) in [5, 5.41) is 42.8. The van der Waals surface area contributed by atoms with Crippen LogP contribution in [0.2, 0.25) is 0 Å². The molecular formula is C21H21N5O5. The van der Waals surface area contributed by atoms with E-state index in [4.69, 9.17) is 5.41 Å². The van der Waals surface area contributed by atoms with Crippen LogP contribution < -0.4 is 0 Å². The molecule has 4 N–H and O–H groups in total. The molecule has 1 aliphatic heterocycles. The zero-order valence-electron chi connectivity index (χ0n) is 16.8. The second kappa shape index (κ2) is 7.71. The summed E-state index contributed by atoms with van der Waals surface area (Å²) in [6.07, 6.45) is 4.57. The number of carbonyl (C=O) groups is 2. The van der Waals surface area contributed by atoms with E-state index in [0.29, 0.717) is 16.6 Å². The first-order valence-corrected chi connectivity index (χ1v) is 9.81. The molecule has 0 amide bonds. The van der Waals surface area contributed by atoms with Crippen LogP contribution in [0, 0.1) is 12.3 Å². The molecule has 1 aliphatic rings. The summed E-state index contributed by atoms with van der Waals surface area (Å²) in [7, 11) is 0. The number of likely N-dealkylation sites (tertiary alicyclic amines) is 1. The van der Waals surface area contributed by atoms with Crippen molar-refractivity contribution in [2.24, 2.45) is 0 Å². The molecule has 31 heavy (non-hydrogen) atoms. The Morgan fingerprint density at radius 2 is 1.65 bits per heavy atom. The molecule has 3 heterocycles. The highest BCUT2D eigenvalue weighted by Crippen LogP contribution is 2.31. The number of nitrogens with one attached hydrogen (secondary N) is 1. The number of piperidine rings is 1. The van der Waals surface area contributed by atoms with Crippen LogP contribution in [0.25, 0.3) is 16.7 Å². The lowest BCUT2D eigenvalue weighted by Crippen LogP contribution is -2.35. The van der Waals surface area contributed by atoms with Gasteiger partial charge in [-0.05, 0) is 44.4 Å².